The zero-order valence-corrected chi connectivity index (χ0v) is 18.3. The van der Waals surface area contributed by atoms with Gasteiger partial charge >= 0.3 is 0 Å². The maximum absolute atomic E-state index is 13.2. The fourth-order valence-electron chi connectivity index (χ4n) is 4.87. The first-order valence-electron chi connectivity index (χ1n) is 10.7. The van der Waals surface area contributed by atoms with Crippen LogP contribution in [0.15, 0.2) is 53.3 Å². The average molecular weight is 437 g/mol. The molecule has 2 aliphatic rings. The lowest BCUT2D eigenvalue weighted by atomic mass is 9.76. The predicted molar refractivity (Wildman–Crippen MR) is 121 cm³/mol. The van der Waals surface area contributed by atoms with Gasteiger partial charge in [-0.1, -0.05) is 35.9 Å². The van der Waals surface area contributed by atoms with Crippen LogP contribution in [0.4, 0.5) is 0 Å². The Balaban J connectivity index is 1.35. The predicted octanol–water partition coefficient (Wildman–Crippen LogP) is 3.90. The minimum absolute atomic E-state index is 0.0461. The number of fused-ring (bicyclic) bond motifs is 2. The van der Waals surface area contributed by atoms with Crippen molar-refractivity contribution in [2.45, 2.75) is 37.8 Å². The molecule has 2 aliphatic heterocycles. The zero-order chi connectivity index (χ0) is 21.4. The van der Waals surface area contributed by atoms with E-state index in [0.717, 1.165) is 55.3 Å². The summed E-state index contributed by atoms with van der Waals surface area (Å²) in [5.74, 6) is 1.56. The lowest BCUT2D eigenvalue weighted by Gasteiger charge is -2.38. The minimum Gasteiger partial charge on any atom is -0.497 e. The summed E-state index contributed by atoms with van der Waals surface area (Å²) < 4.78 is 7.13. The van der Waals surface area contributed by atoms with Crippen LogP contribution in [0.25, 0.3) is 11.3 Å². The molecule has 0 unspecified atom stereocenters. The molecule has 3 heterocycles. The first-order chi connectivity index (χ1) is 15.1. The van der Waals surface area contributed by atoms with Crippen molar-refractivity contribution in [2.75, 3.05) is 20.2 Å². The molecule has 160 valence electrons. The Morgan fingerprint density at radius 2 is 1.77 bits per heavy atom. The molecule has 0 amide bonds. The van der Waals surface area contributed by atoms with Crippen LogP contribution < -0.4 is 10.3 Å². The summed E-state index contributed by atoms with van der Waals surface area (Å²) in [7, 11) is 1.61. The fourth-order valence-corrected chi connectivity index (χ4v) is 4.99. The van der Waals surface area contributed by atoms with E-state index in [2.05, 4.69) is 27.2 Å². The lowest BCUT2D eigenvalue weighted by Crippen LogP contribution is -2.42. The minimum atomic E-state index is -0.0567. The number of aromatic nitrogens is 3. The SMILES string of the molecule is COc1cccc(-c2nnc3n(c2=O)CCC32CCN(Cc3ccc(Cl)cc3)CC2)c1. The molecule has 1 spiro atoms. The number of nitrogens with zero attached hydrogens (tertiary/aromatic N) is 4. The summed E-state index contributed by atoms with van der Waals surface area (Å²) in [4.78, 5) is 15.7. The van der Waals surface area contributed by atoms with Gasteiger partial charge in [0.2, 0.25) is 0 Å². The molecule has 0 saturated carbocycles. The molecule has 0 N–H and O–H groups in total. The van der Waals surface area contributed by atoms with Gasteiger partial charge in [0.25, 0.3) is 5.56 Å². The van der Waals surface area contributed by atoms with Crippen molar-refractivity contribution in [3.05, 3.63) is 75.3 Å². The number of likely N-dealkylation sites (tertiary alicyclic amines) is 1. The van der Waals surface area contributed by atoms with Gasteiger partial charge in [0.15, 0.2) is 5.69 Å². The number of methoxy groups -OCH3 is 1. The number of rotatable bonds is 4. The van der Waals surface area contributed by atoms with Gasteiger partial charge < -0.3 is 4.74 Å². The molecule has 3 aromatic rings. The van der Waals surface area contributed by atoms with Crippen molar-refractivity contribution in [1.29, 1.82) is 0 Å². The molecule has 0 atom stereocenters. The van der Waals surface area contributed by atoms with Gasteiger partial charge in [0.1, 0.15) is 11.6 Å². The second-order valence-electron chi connectivity index (χ2n) is 8.49. The van der Waals surface area contributed by atoms with E-state index < -0.39 is 0 Å². The largest absolute Gasteiger partial charge is 0.497 e. The Labute approximate surface area is 186 Å². The highest BCUT2D eigenvalue weighted by Crippen LogP contribution is 2.41. The van der Waals surface area contributed by atoms with Gasteiger partial charge in [0.05, 0.1) is 7.11 Å². The number of hydrogen-bond acceptors (Lipinski definition) is 5. The molecule has 0 bridgehead atoms. The number of ether oxygens (including phenoxy) is 1. The maximum atomic E-state index is 13.2. The topological polar surface area (TPSA) is 60.3 Å². The standard InChI is InChI=1S/C24H25ClN4O2/c1-31-20-4-2-3-18(15-20)21-22(30)29-14-11-24(23(29)27-26-21)9-12-28(13-10-24)16-17-5-7-19(25)8-6-17/h2-8,15H,9-14,16H2,1H3. The van der Waals surface area contributed by atoms with Crippen molar-refractivity contribution < 1.29 is 4.74 Å². The Bertz CT molecular complexity index is 1150. The van der Waals surface area contributed by atoms with E-state index in [9.17, 15) is 4.79 Å². The van der Waals surface area contributed by atoms with Crippen molar-refractivity contribution in [3.63, 3.8) is 0 Å². The first-order valence-corrected chi connectivity index (χ1v) is 11.0. The molecular formula is C24H25ClN4O2. The third-order valence-electron chi connectivity index (χ3n) is 6.71. The Hall–Kier alpha value is -2.70. The van der Waals surface area contributed by atoms with Crippen LogP contribution in [0.3, 0.4) is 0 Å². The molecule has 6 nitrogen and oxygen atoms in total. The van der Waals surface area contributed by atoms with E-state index in [0.29, 0.717) is 18.0 Å². The van der Waals surface area contributed by atoms with Crippen molar-refractivity contribution in [1.82, 2.24) is 19.7 Å². The van der Waals surface area contributed by atoms with Crippen molar-refractivity contribution in [2.24, 2.45) is 0 Å². The summed E-state index contributed by atoms with van der Waals surface area (Å²) in [6.07, 6.45) is 2.94. The summed E-state index contributed by atoms with van der Waals surface area (Å²) in [5, 5.41) is 9.73. The van der Waals surface area contributed by atoms with E-state index in [-0.39, 0.29) is 11.0 Å². The smallest absolute Gasteiger partial charge is 0.280 e. The quantitative estimate of drug-likeness (QED) is 0.620. The highest BCUT2D eigenvalue weighted by molar-refractivity contribution is 6.30. The second-order valence-corrected chi connectivity index (χ2v) is 8.93. The van der Waals surface area contributed by atoms with E-state index in [4.69, 9.17) is 16.3 Å². The van der Waals surface area contributed by atoms with Gasteiger partial charge in [-0.05, 0) is 62.2 Å². The summed E-state index contributed by atoms with van der Waals surface area (Å²) in [6.45, 7) is 3.59. The lowest BCUT2D eigenvalue weighted by molar-refractivity contribution is 0.149. The van der Waals surface area contributed by atoms with Crippen LogP contribution in [0, 0.1) is 0 Å². The number of hydrogen-bond donors (Lipinski definition) is 0. The number of piperidine rings is 1. The monoisotopic (exact) mass is 436 g/mol. The molecule has 5 rings (SSSR count). The zero-order valence-electron chi connectivity index (χ0n) is 17.6. The Morgan fingerprint density at radius 3 is 2.52 bits per heavy atom. The normalized spacial score (nSPS) is 17.6. The highest BCUT2D eigenvalue weighted by atomic mass is 35.5. The van der Waals surface area contributed by atoms with E-state index in [1.165, 1.54) is 5.56 Å². The number of halogens is 1. The van der Waals surface area contributed by atoms with Crippen LogP contribution in [-0.4, -0.2) is 39.9 Å². The van der Waals surface area contributed by atoms with Gasteiger partial charge in [-0.2, -0.15) is 0 Å². The fraction of sp³-hybridized carbons (Fsp3) is 0.375. The third-order valence-corrected chi connectivity index (χ3v) is 6.96. The summed E-state index contributed by atoms with van der Waals surface area (Å²) in [5.41, 5.74) is 2.30. The van der Waals surface area contributed by atoms with Crippen LogP contribution in [0.2, 0.25) is 5.02 Å². The van der Waals surface area contributed by atoms with Crippen LogP contribution >= 0.6 is 11.6 Å². The molecular weight excluding hydrogens is 412 g/mol. The van der Waals surface area contributed by atoms with E-state index in [1.807, 2.05) is 41.0 Å². The molecule has 7 heteroatoms. The van der Waals surface area contributed by atoms with E-state index in [1.54, 1.807) is 7.11 Å². The van der Waals surface area contributed by atoms with Gasteiger partial charge in [0, 0.05) is 29.1 Å². The highest BCUT2D eigenvalue weighted by Gasteiger charge is 2.44. The summed E-state index contributed by atoms with van der Waals surface area (Å²) >= 11 is 6.00. The average Bonchev–Trinajstić information content (AvgIpc) is 3.16. The first kappa shape index (κ1) is 20.2. The summed E-state index contributed by atoms with van der Waals surface area (Å²) in [6, 6.07) is 15.5. The molecule has 1 saturated heterocycles. The van der Waals surface area contributed by atoms with Gasteiger partial charge in [-0.3, -0.25) is 14.3 Å². The molecule has 2 aromatic carbocycles. The molecule has 0 radical (unpaired) electrons. The molecule has 0 aliphatic carbocycles. The van der Waals surface area contributed by atoms with Crippen molar-refractivity contribution in [3.8, 4) is 17.0 Å². The van der Waals surface area contributed by atoms with Gasteiger partial charge in [-0.15, -0.1) is 10.2 Å². The second kappa shape index (κ2) is 8.09. The third kappa shape index (κ3) is 3.75. The van der Waals surface area contributed by atoms with Crippen LogP contribution in [0.5, 0.6) is 5.75 Å². The van der Waals surface area contributed by atoms with E-state index >= 15 is 0 Å². The molecule has 1 fully saturated rings. The Kier molecular flexibility index (Phi) is 5.28. The molecule has 1 aromatic heterocycles. The number of benzene rings is 2. The van der Waals surface area contributed by atoms with Gasteiger partial charge in [-0.25, -0.2) is 0 Å². The maximum Gasteiger partial charge on any atom is 0.280 e. The van der Waals surface area contributed by atoms with Crippen molar-refractivity contribution >= 4 is 11.6 Å². The molecule has 31 heavy (non-hydrogen) atoms. The van der Waals surface area contributed by atoms with Crippen LogP contribution in [-0.2, 0) is 18.5 Å². The Morgan fingerprint density at radius 1 is 1.03 bits per heavy atom. The van der Waals surface area contributed by atoms with Crippen LogP contribution in [0.1, 0.15) is 30.7 Å².